The van der Waals surface area contributed by atoms with E-state index in [4.69, 9.17) is 14.2 Å². The number of piperidine rings is 1. The maximum absolute atomic E-state index is 5.51. The van der Waals surface area contributed by atoms with Crippen molar-refractivity contribution in [1.82, 2.24) is 5.32 Å². The zero-order chi connectivity index (χ0) is 17.6. The molecule has 3 rings (SSSR count). The molecule has 0 aliphatic carbocycles. The van der Waals surface area contributed by atoms with Crippen LogP contribution in [-0.4, -0.2) is 40.5 Å². The van der Waals surface area contributed by atoms with Crippen molar-refractivity contribution in [2.24, 2.45) is 0 Å². The highest BCUT2D eigenvalue weighted by molar-refractivity contribution is 5.68. The van der Waals surface area contributed by atoms with Gasteiger partial charge in [-0.3, -0.25) is 0 Å². The van der Waals surface area contributed by atoms with Crippen molar-refractivity contribution < 1.29 is 14.2 Å². The molecule has 0 spiro atoms. The van der Waals surface area contributed by atoms with E-state index in [-0.39, 0.29) is 0 Å². The monoisotopic (exact) mass is 342 g/mol. The molecule has 2 aromatic rings. The van der Waals surface area contributed by atoms with Gasteiger partial charge >= 0.3 is 0 Å². The molecule has 0 bridgehead atoms. The summed E-state index contributed by atoms with van der Waals surface area (Å²) in [6.45, 7) is 2.05. The van der Waals surface area contributed by atoms with Gasteiger partial charge in [0.25, 0.3) is 0 Å². The van der Waals surface area contributed by atoms with Crippen LogP contribution in [0, 0.1) is 0 Å². The summed E-state index contributed by atoms with van der Waals surface area (Å²) < 4.78 is 16.3. The molecule has 25 heavy (non-hydrogen) atoms. The van der Waals surface area contributed by atoms with Crippen molar-refractivity contribution in [2.45, 2.75) is 18.9 Å². The topological polar surface area (TPSA) is 43.0 Å². The number of methoxy groups -OCH3 is 3. The zero-order valence-electron chi connectivity index (χ0n) is 15.1. The summed E-state index contributed by atoms with van der Waals surface area (Å²) in [5, 5.41) is 3.44. The molecular weight excluding hydrogens is 316 g/mol. The van der Waals surface area contributed by atoms with Crippen LogP contribution >= 0.6 is 0 Å². The second-order valence-electron chi connectivity index (χ2n) is 6.09. The maximum atomic E-state index is 5.51. The molecule has 0 aromatic heterocycles. The lowest BCUT2D eigenvalue weighted by Crippen LogP contribution is -2.40. The van der Waals surface area contributed by atoms with E-state index < -0.39 is 0 Å². The Morgan fingerprint density at radius 2 is 1.56 bits per heavy atom. The Morgan fingerprint density at radius 3 is 2.24 bits per heavy atom. The molecule has 1 aliphatic rings. The second-order valence-corrected chi connectivity index (χ2v) is 6.09. The van der Waals surface area contributed by atoms with Gasteiger partial charge in [0.2, 0.25) is 0 Å². The lowest BCUT2D eigenvalue weighted by atomic mass is 10.0. The molecule has 0 unspecified atom stereocenters. The predicted octanol–water partition coefficient (Wildman–Crippen LogP) is 3.60. The first kappa shape index (κ1) is 17.4. The van der Waals surface area contributed by atoms with Crippen LogP contribution in [0.4, 0.5) is 11.4 Å². The lowest BCUT2D eigenvalue weighted by molar-refractivity contribution is 0.355. The van der Waals surface area contributed by atoms with Crippen molar-refractivity contribution in [3.05, 3.63) is 42.5 Å². The predicted molar refractivity (Wildman–Crippen MR) is 101 cm³/mol. The Kier molecular flexibility index (Phi) is 5.66. The number of hydrogen-bond donors (Lipinski definition) is 1. The van der Waals surface area contributed by atoms with Crippen molar-refractivity contribution in [1.29, 1.82) is 0 Å². The van der Waals surface area contributed by atoms with Gasteiger partial charge in [-0.25, -0.2) is 0 Å². The average Bonchev–Trinajstić information content (AvgIpc) is 2.69. The molecule has 0 radical (unpaired) electrons. The van der Waals surface area contributed by atoms with Crippen LogP contribution < -0.4 is 24.4 Å². The number of anilines is 2. The molecular formula is C20H26N2O3. The summed E-state index contributed by atoms with van der Waals surface area (Å²) in [6, 6.07) is 14.7. The second kappa shape index (κ2) is 8.12. The Morgan fingerprint density at radius 1 is 0.840 bits per heavy atom. The van der Waals surface area contributed by atoms with Crippen LogP contribution in [0.5, 0.6) is 17.2 Å². The largest absolute Gasteiger partial charge is 0.497 e. The van der Waals surface area contributed by atoms with Crippen molar-refractivity contribution in [2.75, 3.05) is 39.3 Å². The van der Waals surface area contributed by atoms with Gasteiger partial charge in [0.15, 0.2) is 11.5 Å². The number of ether oxygens (including phenoxy) is 3. The Balaban J connectivity index is 2.04. The first-order valence-corrected chi connectivity index (χ1v) is 8.63. The highest BCUT2D eigenvalue weighted by Crippen LogP contribution is 2.38. The van der Waals surface area contributed by atoms with Crippen LogP contribution in [0.3, 0.4) is 0 Å². The molecule has 5 nitrogen and oxygen atoms in total. The third-order valence-corrected chi connectivity index (χ3v) is 4.65. The van der Waals surface area contributed by atoms with Gasteiger partial charge in [-0.05, 0) is 50.2 Å². The van der Waals surface area contributed by atoms with E-state index in [1.807, 2.05) is 24.3 Å². The molecule has 1 aliphatic heterocycles. The van der Waals surface area contributed by atoms with E-state index in [0.29, 0.717) is 6.04 Å². The fraction of sp³-hybridized carbons (Fsp3) is 0.400. The molecule has 5 heteroatoms. The van der Waals surface area contributed by atoms with Crippen LogP contribution in [0.25, 0.3) is 0 Å². The summed E-state index contributed by atoms with van der Waals surface area (Å²) in [7, 11) is 5.02. The molecule has 0 amide bonds. The fourth-order valence-electron chi connectivity index (χ4n) is 3.37. The maximum Gasteiger partial charge on any atom is 0.162 e. The van der Waals surface area contributed by atoms with Crippen LogP contribution in [0.15, 0.2) is 42.5 Å². The standard InChI is InChI=1S/C20H26N2O3/c1-23-18-6-4-5-16(13-18)22(15-9-11-21-12-10-15)17-7-8-19(24-2)20(14-17)25-3/h4-8,13-15,21H,9-12H2,1-3H3. The minimum atomic E-state index is 0.423. The Labute approximate surface area is 149 Å². The number of benzene rings is 2. The van der Waals surface area contributed by atoms with Gasteiger partial charge in [-0.1, -0.05) is 6.07 Å². The summed E-state index contributed by atoms with van der Waals surface area (Å²) >= 11 is 0. The fourth-order valence-corrected chi connectivity index (χ4v) is 3.37. The van der Waals surface area contributed by atoms with E-state index in [0.717, 1.165) is 54.6 Å². The van der Waals surface area contributed by atoms with E-state index in [1.165, 1.54) is 0 Å². The van der Waals surface area contributed by atoms with Crippen molar-refractivity contribution in [3.8, 4) is 17.2 Å². The summed E-state index contributed by atoms with van der Waals surface area (Å²) in [5.74, 6) is 2.33. The molecule has 134 valence electrons. The number of rotatable bonds is 6. The molecule has 2 aromatic carbocycles. The zero-order valence-corrected chi connectivity index (χ0v) is 15.1. The Bertz CT molecular complexity index is 699. The van der Waals surface area contributed by atoms with Crippen molar-refractivity contribution in [3.63, 3.8) is 0 Å². The third kappa shape index (κ3) is 3.82. The van der Waals surface area contributed by atoms with Gasteiger partial charge in [-0.2, -0.15) is 0 Å². The van der Waals surface area contributed by atoms with Crippen molar-refractivity contribution >= 4 is 11.4 Å². The molecule has 0 atom stereocenters. The third-order valence-electron chi connectivity index (χ3n) is 4.65. The van der Waals surface area contributed by atoms with Gasteiger partial charge < -0.3 is 24.4 Å². The van der Waals surface area contributed by atoms with Gasteiger partial charge in [0.05, 0.1) is 21.3 Å². The minimum Gasteiger partial charge on any atom is -0.497 e. The Hall–Kier alpha value is -2.40. The number of hydrogen-bond acceptors (Lipinski definition) is 5. The highest BCUT2D eigenvalue weighted by Gasteiger charge is 2.24. The van der Waals surface area contributed by atoms with Crippen LogP contribution in [0.2, 0.25) is 0 Å². The van der Waals surface area contributed by atoms with Gasteiger partial charge in [-0.15, -0.1) is 0 Å². The molecule has 1 saturated heterocycles. The highest BCUT2D eigenvalue weighted by atomic mass is 16.5. The lowest BCUT2D eigenvalue weighted by Gasteiger charge is -2.37. The van der Waals surface area contributed by atoms with Crippen LogP contribution in [-0.2, 0) is 0 Å². The summed E-state index contributed by atoms with van der Waals surface area (Å²) in [5.41, 5.74) is 2.22. The quantitative estimate of drug-likeness (QED) is 0.869. The van der Waals surface area contributed by atoms with E-state index >= 15 is 0 Å². The van der Waals surface area contributed by atoms with Gasteiger partial charge in [0.1, 0.15) is 5.75 Å². The average molecular weight is 342 g/mol. The number of nitrogens with zero attached hydrogens (tertiary/aromatic N) is 1. The molecule has 0 saturated carbocycles. The first-order valence-electron chi connectivity index (χ1n) is 8.63. The summed E-state index contributed by atoms with van der Waals surface area (Å²) in [6.07, 6.45) is 2.18. The first-order chi connectivity index (χ1) is 12.3. The van der Waals surface area contributed by atoms with E-state index in [1.54, 1.807) is 21.3 Å². The minimum absolute atomic E-state index is 0.423. The van der Waals surface area contributed by atoms with Crippen LogP contribution in [0.1, 0.15) is 12.8 Å². The SMILES string of the molecule is COc1cccc(N(c2ccc(OC)c(OC)c2)C2CCNCC2)c1. The van der Waals surface area contributed by atoms with E-state index in [9.17, 15) is 0 Å². The number of nitrogens with one attached hydrogen (secondary N) is 1. The smallest absolute Gasteiger partial charge is 0.162 e. The molecule has 1 N–H and O–H groups in total. The normalized spacial score (nSPS) is 14.8. The summed E-state index contributed by atoms with van der Waals surface area (Å²) in [4.78, 5) is 2.38. The van der Waals surface area contributed by atoms with Gasteiger partial charge in [0, 0.05) is 29.5 Å². The molecule has 1 fully saturated rings. The van der Waals surface area contributed by atoms with E-state index in [2.05, 4.69) is 28.4 Å². The molecule has 1 heterocycles.